The van der Waals surface area contributed by atoms with Crippen LogP contribution in [-0.4, -0.2) is 24.6 Å². The maximum absolute atomic E-state index is 12.7. The first kappa shape index (κ1) is 17.6. The molecule has 0 aliphatic heterocycles. The Bertz CT molecular complexity index is 780. The number of aromatic nitrogens is 1. The maximum Gasteiger partial charge on any atom is 0.417 e. The van der Waals surface area contributed by atoms with Crippen LogP contribution in [0.1, 0.15) is 5.56 Å². The van der Waals surface area contributed by atoms with Crippen molar-refractivity contribution in [1.29, 1.82) is 0 Å². The summed E-state index contributed by atoms with van der Waals surface area (Å²) in [7, 11) is 3.74. The molecule has 128 valence electrons. The number of halogens is 3. The van der Waals surface area contributed by atoms with E-state index in [1.165, 1.54) is 0 Å². The van der Waals surface area contributed by atoms with Crippen LogP contribution in [0.25, 0.3) is 0 Å². The van der Waals surface area contributed by atoms with Crippen molar-refractivity contribution < 1.29 is 18.0 Å². The predicted molar refractivity (Wildman–Crippen MR) is 85.1 cm³/mol. The zero-order valence-electron chi connectivity index (χ0n) is 13.1. The predicted octanol–water partition coefficient (Wildman–Crippen LogP) is 2.57. The van der Waals surface area contributed by atoms with Crippen LogP contribution >= 0.6 is 0 Å². The van der Waals surface area contributed by atoms with Gasteiger partial charge in [0.15, 0.2) is 0 Å². The highest BCUT2D eigenvalue weighted by atomic mass is 19.4. The Morgan fingerprint density at radius 3 is 2.29 bits per heavy atom. The smallest absolute Gasteiger partial charge is 0.378 e. The first-order chi connectivity index (χ1) is 11.2. The minimum atomic E-state index is -4.58. The summed E-state index contributed by atoms with van der Waals surface area (Å²) in [6.07, 6.45) is -3.94. The Labute approximate surface area is 136 Å². The first-order valence-corrected chi connectivity index (χ1v) is 7.02. The van der Waals surface area contributed by atoms with Gasteiger partial charge >= 0.3 is 6.18 Å². The average Bonchev–Trinajstić information content (AvgIpc) is 2.48. The van der Waals surface area contributed by atoms with E-state index in [0.717, 1.165) is 16.3 Å². The number of pyridine rings is 1. The van der Waals surface area contributed by atoms with Crippen LogP contribution in [0.15, 0.2) is 47.4 Å². The summed E-state index contributed by atoms with van der Waals surface area (Å²) in [4.78, 5) is 25.5. The van der Waals surface area contributed by atoms with Gasteiger partial charge in [-0.15, -0.1) is 0 Å². The molecule has 0 saturated heterocycles. The fourth-order valence-corrected chi connectivity index (χ4v) is 2.02. The van der Waals surface area contributed by atoms with Crippen LogP contribution in [0.5, 0.6) is 0 Å². The Kier molecular flexibility index (Phi) is 4.96. The van der Waals surface area contributed by atoms with Crippen molar-refractivity contribution in [2.45, 2.75) is 12.7 Å². The fourth-order valence-electron chi connectivity index (χ4n) is 2.02. The molecule has 0 aliphatic carbocycles. The summed E-state index contributed by atoms with van der Waals surface area (Å²) < 4.78 is 38.7. The number of hydrogen-bond donors (Lipinski definition) is 1. The molecule has 2 rings (SSSR count). The fraction of sp³-hybridized carbons (Fsp3) is 0.250. The largest absolute Gasteiger partial charge is 0.417 e. The quantitative estimate of drug-likeness (QED) is 0.931. The number of benzene rings is 1. The lowest BCUT2D eigenvalue weighted by atomic mass is 10.2. The second-order valence-corrected chi connectivity index (χ2v) is 5.37. The van der Waals surface area contributed by atoms with Crippen molar-refractivity contribution in [3.8, 4) is 0 Å². The van der Waals surface area contributed by atoms with Crippen molar-refractivity contribution in [3.63, 3.8) is 0 Å². The van der Waals surface area contributed by atoms with Gasteiger partial charge in [0.05, 0.1) is 5.56 Å². The van der Waals surface area contributed by atoms with E-state index in [1.54, 1.807) is 24.3 Å². The van der Waals surface area contributed by atoms with Crippen molar-refractivity contribution in [1.82, 2.24) is 4.57 Å². The molecule has 0 bridgehead atoms. The van der Waals surface area contributed by atoms with Gasteiger partial charge in [0, 0.05) is 37.7 Å². The normalized spacial score (nSPS) is 11.2. The number of hydrogen-bond acceptors (Lipinski definition) is 3. The van der Waals surface area contributed by atoms with E-state index >= 15 is 0 Å². The molecule has 0 radical (unpaired) electrons. The lowest BCUT2D eigenvalue weighted by Crippen LogP contribution is -2.28. The van der Waals surface area contributed by atoms with E-state index in [4.69, 9.17) is 0 Å². The van der Waals surface area contributed by atoms with Crippen molar-refractivity contribution in [2.75, 3.05) is 24.3 Å². The standard InChI is InChI=1S/C16H16F3N3O2/c1-21(2)13-6-4-12(5-7-13)20-14(23)10-22-9-11(16(17,18)19)3-8-15(22)24/h3-9H,10H2,1-2H3,(H,20,23). The number of rotatable bonds is 4. The molecule has 2 aromatic rings. The lowest BCUT2D eigenvalue weighted by molar-refractivity contribution is -0.138. The van der Waals surface area contributed by atoms with Crippen LogP contribution in [-0.2, 0) is 17.5 Å². The number of carbonyl (C=O) groups excluding carboxylic acids is 1. The molecule has 1 aromatic heterocycles. The molecule has 0 atom stereocenters. The highest BCUT2D eigenvalue weighted by Gasteiger charge is 2.31. The second-order valence-electron chi connectivity index (χ2n) is 5.37. The molecule has 1 heterocycles. The zero-order valence-corrected chi connectivity index (χ0v) is 13.1. The summed E-state index contributed by atoms with van der Waals surface area (Å²) in [6.45, 7) is -0.502. The van der Waals surface area contributed by atoms with Gasteiger partial charge in [0.1, 0.15) is 6.54 Å². The van der Waals surface area contributed by atoms with Gasteiger partial charge in [-0.2, -0.15) is 13.2 Å². The van der Waals surface area contributed by atoms with Crippen molar-refractivity contribution in [2.24, 2.45) is 0 Å². The molecule has 8 heteroatoms. The number of carbonyl (C=O) groups is 1. The Morgan fingerprint density at radius 1 is 1.12 bits per heavy atom. The Morgan fingerprint density at radius 2 is 1.75 bits per heavy atom. The topological polar surface area (TPSA) is 54.3 Å². The van der Waals surface area contributed by atoms with Gasteiger partial charge in [0.25, 0.3) is 5.56 Å². The number of amides is 1. The van der Waals surface area contributed by atoms with E-state index in [-0.39, 0.29) is 0 Å². The molecule has 1 N–H and O–H groups in total. The molecular weight excluding hydrogens is 323 g/mol. The number of alkyl halides is 3. The van der Waals surface area contributed by atoms with Gasteiger partial charge < -0.3 is 14.8 Å². The van der Waals surface area contributed by atoms with Gasteiger partial charge in [-0.25, -0.2) is 0 Å². The molecule has 1 aromatic carbocycles. The molecule has 0 fully saturated rings. The van der Waals surface area contributed by atoms with Crippen LogP contribution in [0.3, 0.4) is 0 Å². The summed E-state index contributed by atoms with van der Waals surface area (Å²) in [5.41, 5.74) is -0.237. The van der Waals surface area contributed by atoms with Gasteiger partial charge in [-0.05, 0) is 30.3 Å². The third kappa shape index (κ3) is 4.37. The molecule has 0 unspecified atom stereocenters. The lowest BCUT2D eigenvalue weighted by Gasteiger charge is -2.13. The Hall–Kier alpha value is -2.77. The van der Waals surface area contributed by atoms with Crippen LogP contribution in [0, 0.1) is 0 Å². The molecule has 5 nitrogen and oxygen atoms in total. The van der Waals surface area contributed by atoms with E-state index in [2.05, 4.69) is 5.32 Å². The van der Waals surface area contributed by atoms with Gasteiger partial charge in [0.2, 0.25) is 5.91 Å². The van der Waals surface area contributed by atoms with E-state index in [9.17, 15) is 22.8 Å². The number of nitrogens with zero attached hydrogens (tertiary/aromatic N) is 2. The van der Waals surface area contributed by atoms with Crippen LogP contribution < -0.4 is 15.8 Å². The maximum atomic E-state index is 12.7. The summed E-state index contributed by atoms with van der Waals surface area (Å²) >= 11 is 0. The minimum absolute atomic E-state index is 0.491. The summed E-state index contributed by atoms with van der Waals surface area (Å²) in [6, 6.07) is 8.39. The molecule has 0 saturated carbocycles. The Balaban J connectivity index is 2.11. The highest BCUT2D eigenvalue weighted by molar-refractivity contribution is 5.90. The summed E-state index contributed by atoms with van der Waals surface area (Å²) in [5, 5.41) is 2.54. The number of anilines is 2. The second kappa shape index (κ2) is 6.77. The SMILES string of the molecule is CN(C)c1ccc(NC(=O)Cn2cc(C(F)(F)F)ccc2=O)cc1. The van der Waals surface area contributed by atoms with E-state index < -0.39 is 29.8 Å². The van der Waals surface area contributed by atoms with Gasteiger partial charge in [-0.3, -0.25) is 9.59 Å². The van der Waals surface area contributed by atoms with Crippen LogP contribution in [0.4, 0.5) is 24.5 Å². The summed E-state index contributed by atoms with van der Waals surface area (Å²) in [5.74, 6) is -0.589. The minimum Gasteiger partial charge on any atom is -0.378 e. The van der Waals surface area contributed by atoms with E-state index in [0.29, 0.717) is 18.0 Å². The molecular formula is C16H16F3N3O2. The molecule has 0 aliphatic rings. The monoisotopic (exact) mass is 339 g/mol. The number of nitrogens with one attached hydrogen (secondary N) is 1. The van der Waals surface area contributed by atoms with Crippen molar-refractivity contribution in [3.05, 3.63) is 58.5 Å². The average molecular weight is 339 g/mol. The highest BCUT2D eigenvalue weighted by Crippen LogP contribution is 2.28. The molecule has 0 spiro atoms. The van der Waals surface area contributed by atoms with Crippen molar-refractivity contribution >= 4 is 17.3 Å². The van der Waals surface area contributed by atoms with Gasteiger partial charge in [-0.1, -0.05) is 0 Å². The first-order valence-electron chi connectivity index (χ1n) is 7.02. The van der Waals surface area contributed by atoms with E-state index in [1.807, 2.05) is 19.0 Å². The molecule has 1 amide bonds. The third-order valence-corrected chi connectivity index (χ3v) is 3.29. The molecule has 24 heavy (non-hydrogen) atoms. The third-order valence-electron chi connectivity index (χ3n) is 3.29. The van der Waals surface area contributed by atoms with Crippen LogP contribution in [0.2, 0.25) is 0 Å². The zero-order chi connectivity index (χ0) is 17.9.